The van der Waals surface area contributed by atoms with Gasteiger partial charge in [-0.05, 0) is 38.1 Å². The van der Waals surface area contributed by atoms with E-state index in [1.807, 2.05) is 36.4 Å². The molecule has 0 saturated carbocycles. The van der Waals surface area contributed by atoms with Crippen molar-refractivity contribution in [3.63, 3.8) is 0 Å². The molecule has 0 fully saturated rings. The number of azo groups is 1. The van der Waals surface area contributed by atoms with Crippen LogP contribution in [0.3, 0.4) is 0 Å². The average molecular weight is 284 g/mol. The summed E-state index contributed by atoms with van der Waals surface area (Å²) in [4.78, 5) is 0. The Morgan fingerprint density at radius 3 is 1.62 bits per heavy atom. The highest BCUT2D eigenvalue weighted by molar-refractivity contribution is 5.23. The molecule has 0 N–H and O–H groups in total. The normalized spacial score (nSPS) is 18.4. The first kappa shape index (κ1) is 13.6. The van der Waals surface area contributed by atoms with Gasteiger partial charge in [-0.25, -0.2) is 0 Å². The van der Waals surface area contributed by atoms with Crippen LogP contribution in [0, 0.1) is 0 Å². The quantitative estimate of drug-likeness (QED) is 0.798. The Bertz CT molecular complexity index is 585. The van der Waals surface area contributed by atoms with Crippen LogP contribution in [0.4, 0.5) is 0 Å². The van der Waals surface area contributed by atoms with Crippen LogP contribution in [0.1, 0.15) is 13.8 Å². The van der Waals surface area contributed by atoms with Crippen molar-refractivity contribution in [2.45, 2.75) is 25.7 Å². The molecule has 3 rings (SSSR count). The maximum Gasteiger partial charge on any atom is 0.510 e. The molecule has 1 aliphatic rings. The molecule has 5 nitrogen and oxygen atoms in total. The Labute approximate surface area is 123 Å². The predicted molar refractivity (Wildman–Crippen MR) is 76.9 cm³/mol. The Morgan fingerprint density at radius 1 is 0.762 bits per heavy atom. The highest BCUT2D eigenvalue weighted by Crippen LogP contribution is 2.35. The molecule has 0 unspecified atom stereocenters. The third-order valence-electron chi connectivity index (χ3n) is 2.77. The summed E-state index contributed by atoms with van der Waals surface area (Å²) in [5, 5.41) is 8.14. The number of hydrogen-bond donors (Lipinski definition) is 0. The van der Waals surface area contributed by atoms with Gasteiger partial charge in [0.05, 0.1) is 0 Å². The maximum atomic E-state index is 5.80. The highest BCUT2D eigenvalue weighted by Gasteiger charge is 2.49. The van der Waals surface area contributed by atoms with E-state index in [1.54, 1.807) is 38.1 Å². The van der Waals surface area contributed by atoms with Gasteiger partial charge in [0, 0.05) is 0 Å². The summed E-state index contributed by atoms with van der Waals surface area (Å²) >= 11 is 0. The maximum absolute atomic E-state index is 5.80. The lowest BCUT2D eigenvalue weighted by Gasteiger charge is -2.27. The van der Waals surface area contributed by atoms with Gasteiger partial charge in [-0.15, -0.1) is 5.11 Å². The van der Waals surface area contributed by atoms with Crippen molar-refractivity contribution < 1.29 is 14.2 Å². The Balaban J connectivity index is 1.88. The van der Waals surface area contributed by atoms with Crippen molar-refractivity contribution >= 4 is 0 Å². The van der Waals surface area contributed by atoms with Crippen LogP contribution < -0.4 is 9.47 Å². The van der Waals surface area contributed by atoms with Crippen LogP contribution in [-0.2, 0) is 4.74 Å². The van der Waals surface area contributed by atoms with E-state index in [9.17, 15) is 0 Å². The molecule has 108 valence electrons. The van der Waals surface area contributed by atoms with Gasteiger partial charge in [-0.3, -0.25) is 4.74 Å². The first-order chi connectivity index (χ1) is 10.1. The fraction of sp³-hybridized carbons (Fsp3) is 0.250. The van der Waals surface area contributed by atoms with E-state index in [4.69, 9.17) is 14.2 Å². The lowest BCUT2D eigenvalue weighted by Crippen LogP contribution is -2.44. The van der Waals surface area contributed by atoms with Crippen LogP contribution >= 0.6 is 0 Å². The summed E-state index contributed by atoms with van der Waals surface area (Å²) in [6.07, 6.45) is -1.60. The Hall–Kier alpha value is -2.40. The second-order valence-electron chi connectivity index (χ2n) is 5.10. The zero-order chi connectivity index (χ0) is 14.8. The van der Waals surface area contributed by atoms with Crippen molar-refractivity contribution in [3.8, 4) is 11.5 Å². The van der Waals surface area contributed by atoms with E-state index in [0.29, 0.717) is 11.5 Å². The zero-order valence-corrected chi connectivity index (χ0v) is 11.9. The number of nitrogens with zero attached hydrogens (tertiary/aromatic N) is 2. The topological polar surface area (TPSA) is 52.4 Å². The van der Waals surface area contributed by atoms with E-state index >= 15 is 0 Å². The molecular weight excluding hydrogens is 268 g/mol. The van der Waals surface area contributed by atoms with Crippen LogP contribution in [0.2, 0.25) is 0 Å². The Kier molecular flexibility index (Phi) is 3.35. The van der Waals surface area contributed by atoms with Crippen molar-refractivity contribution in [2.75, 3.05) is 0 Å². The third kappa shape index (κ3) is 3.20. The van der Waals surface area contributed by atoms with Crippen LogP contribution in [0.5, 0.6) is 11.5 Å². The van der Waals surface area contributed by atoms with Crippen molar-refractivity contribution in [2.24, 2.45) is 10.2 Å². The van der Waals surface area contributed by atoms with Gasteiger partial charge in [-0.1, -0.05) is 41.5 Å². The average Bonchev–Trinajstić information content (AvgIpc) is 2.76. The predicted octanol–water partition coefficient (Wildman–Crippen LogP) is 3.97. The smallest absolute Gasteiger partial charge is 0.410 e. The van der Waals surface area contributed by atoms with Crippen LogP contribution in [-0.4, -0.2) is 11.8 Å². The minimum atomic E-state index is -1.60. The number of para-hydroxylation sites is 2. The number of rotatable bonds is 4. The first-order valence-corrected chi connectivity index (χ1v) is 6.69. The van der Waals surface area contributed by atoms with Crippen molar-refractivity contribution in [1.82, 2.24) is 0 Å². The molecule has 0 amide bonds. The molecule has 0 atom stereocenters. The molecule has 0 aromatic heterocycles. The molecule has 2 aromatic rings. The van der Waals surface area contributed by atoms with Gasteiger partial charge in [0.15, 0.2) is 5.72 Å². The lowest BCUT2D eigenvalue weighted by molar-refractivity contribution is -0.310. The molecule has 0 radical (unpaired) electrons. The van der Waals surface area contributed by atoms with E-state index in [0.717, 1.165) is 0 Å². The van der Waals surface area contributed by atoms with Crippen molar-refractivity contribution in [3.05, 3.63) is 60.7 Å². The summed E-state index contributed by atoms with van der Waals surface area (Å²) in [6.45, 7) is 3.59. The number of hydrogen-bond acceptors (Lipinski definition) is 5. The van der Waals surface area contributed by atoms with Gasteiger partial charge >= 0.3 is 6.10 Å². The summed E-state index contributed by atoms with van der Waals surface area (Å²) in [6, 6.07) is 18.5. The monoisotopic (exact) mass is 284 g/mol. The summed E-state index contributed by atoms with van der Waals surface area (Å²) in [5.74, 6) is 1.18. The highest BCUT2D eigenvalue weighted by atomic mass is 16.9. The third-order valence-corrected chi connectivity index (χ3v) is 2.77. The standard InChI is InChI=1S/C16H16N2O3/c1-15(2)17-18-16(21-15,19-13-9-5-3-6-10-13)20-14-11-7-4-8-12-14/h3-12H,1-2H3. The molecule has 0 saturated heterocycles. The summed E-state index contributed by atoms with van der Waals surface area (Å²) in [7, 11) is 0. The van der Waals surface area contributed by atoms with E-state index in [1.165, 1.54) is 0 Å². The molecule has 0 aliphatic carbocycles. The minimum absolute atomic E-state index is 0.588. The summed E-state index contributed by atoms with van der Waals surface area (Å²) in [5.41, 5.74) is -0.802. The lowest BCUT2D eigenvalue weighted by atomic mass is 10.3. The molecule has 1 aliphatic heterocycles. The second-order valence-corrected chi connectivity index (χ2v) is 5.10. The molecule has 0 bridgehead atoms. The fourth-order valence-electron chi connectivity index (χ4n) is 1.92. The van der Waals surface area contributed by atoms with Gasteiger partial charge < -0.3 is 9.47 Å². The molecular formula is C16H16N2O3. The molecule has 5 heteroatoms. The van der Waals surface area contributed by atoms with Gasteiger partial charge in [0.1, 0.15) is 11.5 Å². The second kappa shape index (κ2) is 5.18. The van der Waals surface area contributed by atoms with E-state index in [-0.39, 0.29) is 0 Å². The molecule has 21 heavy (non-hydrogen) atoms. The zero-order valence-electron chi connectivity index (χ0n) is 11.9. The van der Waals surface area contributed by atoms with Crippen molar-refractivity contribution in [1.29, 1.82) is 0 Å². The number of benzene rings is 2. The molecule has 1 heterocycles. The minimum Gasteiger partial charge on any atom is -0.410 e. The fourth-order valence-corrected chi connectivity index (χ4v) is 1.92. The van der Waals surface area contributed by atoms with Gasteiger partial charge in [-0.2, -0.15) is 0 Å². The van der Waals surface area contributed by atoms with Gasteiger partial charge in [0.25, 0.3) is 0 Å². The SMILES string of the molecule is CC1(C)N=NC(Oc2ccccc2)(Oc2ccccc2)O1. The summed E-state index contributed by atoms with van der Waals surface area (Å²) < 4.78 is 17.4. The van der Waals surface area contributed by atoms with Crippen LogP contribution in [0.25, 0.3) is 0 Å². The van der Waals surface area contributed by atoms with E-state index < -0.39 is 11.8 Å². The molecule has 0 spiro atoms. The number of ether oxygens (including phenoxy) is 3. The largest absolute Gasteiger partial charge is 0.510 e. The Morgan fingerprint density at radius 2 is 1.24 bits per heavy atom. The van der Waals surface area contributed by atoms with Gasteiger partial charge in [0.2, 0.25) is 0 Å². The first-order valence-electron chi connectivity index (χ1n) is 6.69. The van der Waals surface area contributed by atoms with Crippen LogP contribution in [0.15, 0.2) is 70.9 Å². The van der Waals surface area contributed by atoms with E-state index in [2.05, 4.69) is 10.2 Å². The molecule has 2 aromatic carbocycles.